The lowest BCUT2D eigenvalue weighted by atomic mass is 10.1. The Morgan fingerprint density at radius 2 is 1.81 bits per heavy atom. The lowest BCUT2D eigenvalue weighted by Crippen LogP contribution is -2.27. The number of halogens is 2. The molecule has 2 aromatic carbocycles. The van der Waals surface area contributed by atoms with E-state index in [-0.39, 0.29) is 11.9 Å². The third-order valence-electron chi connectivity index (χ3n) is 3.99. The van der Waals surface area contributed by atoms with Gasteiger partial charge in [-0.3, -0.25) is 4.79 Å². The van der Waals surface area contributed by atoms with E-state index < -0.39 is 0 Å². The molecule has 0 aliphatic carbocycles. The van der Waals surface area contributed by atoms with Gasteiger partial charge in [0, 0.05) is 21.1 Å². The minimum Gasteiger partial charge on any atom is -0.492 e. The van der Waals surface area contributed by atoms with Crippen molar-refractivity contribution in [2.45, 2.75) is 19.9 Å². The molecule has 0 spiro atoms. The summed E-state index contributed by atoms with van der Waals surface area (Å²) in [7, 11) is 4.00. The van der Waals surface area contributed by atoms with E-state index >= 15 is 0 Å². The number of ether oxygens (including phenoxy) is 1. The summed E-state index contributed by atoms with van der Waals surface area (Å²) in [6, 6.07) is 11.5. The van der Waals surface area contributed by atoms with Crippen LogP contribution in [0.1, 0.15) is 34.5 Å². The van der Waals surface area contributed by atoms with Crippen molar-refractivity contribution in [1.29, 1.82) is 0 Å². The normalized spacial score (nSPS) is 12.1. The summed E-state index contributed by atoms with van der Waals surface area (Å²) in [5.74, 6) is 0.601. The molecule has 0 heterocycles. The monoisotopic (exact) mass is 482 g/mol. The molecule has 26 heavy (non-hydrogen) atoms. The van der Waals surface area contributed by atoms with Gasteiger partial charge in [-0.15, -0.1) is 0 Å². The fraction of sp³-hybridized carbons (Fsp3) is 0.350. The van der Waals surface area contributed by atoms with Crippen molar-refractivity contribution >= 4 is 37.8 Å². The summed E-state index contributed by atoms with van der Waals surface area (Å²) in [6.45, 7) is 5.31. The molecule has 1 amide bonds. The zero-order valence-electron chi connectivity index (χ0n) is 15.5. The van der Waals surface area contributed by atoms with Gasteiger partial charge >= 0.3 is 0 Å². The molecule has 6 heteroatoms. The average Bonchev–Trinajstić information content (AvgIpc) is 2.55. The van der Waals surface area contributed by atoms with Gasteiger partial charge in [-0.25, -0.2) is 0 Å². The van der Waals surface area contributed by atoms with Gasteiger partial charge in [-0.1, -0.05) is 37.9 Å². The van der Waals surface area contributed by atoms with Crippen LogP contribution in [-0.2, 0) is 0 Å². The number of carbonyl (C=O) groups is 1. The van der Waals surface area contributed by atoms with Gasteiger partial charge in [0.25, 0.3) is 5.91 Å². The quantitative estimate of drug-likeness (QED) is 0.605. The van der Waals surface area contributed by atoms with E-state index in [1.807, 2.05) is 64.3 Å². The Labute approximate surface area is 172 Å². The molecule has 0 saturated carbocycles. The lowest BCUT2D eigenvalue weighted by molar-refractivity contribution is 0.0938. The van der Waals surface area contributed by atoms with Crippen LogP contribution < -0.4 is 10.1 Å². The number of benzene rings is 2. The van der Waals surface area contributed by atoms with Gasteiger partial charge in [0.2, 0.25) is 0 Å². The maximum Gasteiger partial charge on any atom is 0.252 e. The molecule has 4 nitrogen and oxygen atoms in total. The summed E-state index contributed by atoms with van der Waals surface area (Å²) >= 11 is 6.97. The van der Waals surface area contributed by atoms with E-state index in [2.05, 4.69) is 42.1 Å². The second-order valence-electron chi connectivity index (χ2n) is 6.53. The molecule has 0 fully saturated rings. The number of rotatable bonds is 7. The smallest absolute Gasteiger partial charge is 0.252 e. The van der Waals surface area contributed by atoms with Crippen molar-refractivity contribution < 1.29 is 9.53 Å². The maximum absolute atomic E-state index is 12.8. The van der Waals surface area contributed by atoms with Crippen molar-refractivity contribution in [3.05, 3.63) is 62.0 Å². The van der Waals surface area contributed by atoms with Crippen LogP contribution in [0.3, 0.4) is 0 Å². The predicted molar refractivity (Wildman–Crippen MR) is 113 cm³/mol. The van der Waals surface area contributed by atoms with Crippen molar-refractivity contribution in [3.63, 3.8) is 0 Å². The van der Waals surface area contributed by atoms with E-state index in [9.17, 15) is 4.79 Å². The molecule has 0 saturated heterocycles. The molecule has 1 atom stereocenters. The van der Waals surface area contributed by atoms with E-state index in [0.29, 0.717) is 17.9 Å². The van der Waals surface area contributed by atoms with Crippen LogP contribution in [0.15, 0.2) is 45.3 Å². The Bertz CT molecular complexity index is 758. The third-order valence-corrected chi connectivity index (χ3v) is 4.91. The van der Waals surface area contributed by atoms with Crippen molar-refractivity contribution in [2.24, 2.45) is 0 Å². The van der Waals surface area contributed by atoms with Gasteiger partial charge in [0.15, 0.2) is 0 Å². The Morgan fingerprint density at radius 3 is 2.42 bits per heavy atom. The molecule has 0 aliphatic rings. The van der Waals surface area contributed by atoms with E-state index in [1.165, 1.54) is 0 Å². The van der Waals surface area contributed by atoms with Crippen LogP contribution in [-0.4, -0.2) is 38.1 Å². The Hall–Kier alpha value is -1.37. The number of amides is 1. The highest BCUT2D eigenvalue weighted by Gasteiger charge is 2.15. The van der Waals surface area contributed by atoms with Crippen molar-refractivity contribution in [3.8, 4) is 5.75 Å². The highest BCUT2D eigenvalue weighted by Crippen LogP contribution is 2.25. The predicted octanol–water partition coefficient (Wildman–Crippen LogP) is 4.95. The first kappa shape index (κ1) is 20.9. The minimum absolute atomic E-state index is 0.107. The van der Waals surface area contributed by atoms with Crippen molar-refractivity contribution in [1.82, 2.24) is 10.2 Å². The standard InChI is InChI=1S/C20H24Br2N2O2/c1-13-5-6-18(26-8-7-24(3)4)12-19(13)20(25)23-14(2)15-9-16(21)11-17(22)10-15/h5-6,9-12,14H,7-8H2,1-4H3,(H,23,25)/t14-/m0/s1. The van der Waals surface area contributed by atoms with Gasteiger partial charge in [0.05, 0.1) is 6.04 Å². The largest absolute Gasteiger partial charge is 0.492 e. The number of aryl methyl sites for hydroxylation is 1. The fourth-order valence-electron chi connectivity index (χ4n) is 2.46. The molecular formula is C20H24Br2N2O2. The first-order valence-electron chi connectivity index (χ1n) is 8.41. The highest BCUT2D eigenvalue weighted by molar-refractivity contribution is 9.11. The number of hydrogen-bond donors (Lipinski definition) is 1. The molecule has 0 bridgehead atoms. The average molecular weight is 484 g/mol. The van der Waals surface area contributed by atoms with Crippen LogP contribution in [0.2, 0.25) is 0 Å². The summed E-state index contributed by atoms with van der Waals surface area (Å²) < 4.78 is 7.69. The lowest BCUT2D eigenvalue weighted by Gasteiger charge is -2.17. The molecule has 0 aliphatic heterocycles. The minimum atomic E-state index is -0.117. The van der Waals surface area contributed by atoms with Crippen LogP contribution in [0, 0.1) is 6.92 Å². The summed E-state index contributed by atoms with van der Waals surface area (Å²) in [6.07, 6.45) is 0. The van der Waals surface area contributed by atoms with Gasteiger partial charge < -0.3 is 15.0 Å². The topological polar surface area (TPSA) is 41.6 Å². The maximum atomic E-state index is 12.8. The number of hydrogen-bond acceptors (Lipinski definition) is 3. The third kappa shape index (κ3) is 6.11. The van der Waals surface area contributed by atoms with E-state index in [1.54, 1.807) is 0 Å². The number of carbonyl (C=O) groups excluding carboxylic acids is 1. The Balaban J connectivity index is 2.10. The van der Waals surface area contributed by atoms with E-state index in [0.717, 1.165) is 26.6 Å². The molecule has 0 aromatic heterocycles. The number of nitrogens with zero attached hydrogens (tertiary/aromatic N) is 1. The van der Waals surface area contributed by atoms with E-state index in [4.69, 9.17) is 4.74 Å². The van der Waals surface area contributed by atoms with Gasteiger partial charge in [0.1, 0.15) is 12.4 Å². The van der Waals surface area contributed by atoms with Gasteiger partial charge in [-0.05, 0) is 69.4 Å². The number of nitrogens with one attached hydrogen (secondary N) is 1. The molecule has 2 aromatic rings. The Kier molecular flexibility index (Phi) is 7.68. The molecule has 140 valence electrons. The van der Waals surface area contributed by atoms with Crippen LogP contribution in [0.25, 0.3) is 0 Å². The van der Waals surface area contributed by atoms with Crippen LogP contribution >= 0.6 is 31.9 Å². The van der Waals surface area contributed by atoms with Gasteiger partial charge in [-0.2, -0.15) is 0 Å². The van der Waals surface area contributed by atoms with Crippen molar-refractivity contribution in [2.75, 3.05) is 27.2 Å². The zero-order valence-corrected chi connectivity index (χ0v) is 18.6. The summed E-state index contributed by atoms with van der Waals surface area (Å²) in [5, 5.41) is 3.06. The SMILES string of the molecule is Cc1ccc(OCCN(C)C)cc1C(=O)N[C@@H](C)c1cc(Br)cc(Br)c1. The highest BCUT2D eigenvalue weighted by atomic mass is 79.9. The second-order valence-corrected chi connectivity index (χ2v) is 8.36. The first-order chi connectivity index (χ1) is 12.3. The van der Waals surface area contributed by atoms with Crippen LogP contribution in [0.5, 0.6) is 5.75 Å². The molecule has 0 radical (unpaired) electrons. The van der Waals surface area contributed by atoms with Crippen LogP contribution in [0.4, 0.5) is 0 Å². The molecule has 2 rings (SSSR count). The second kappa shape index (κ2) is 9.53. The summed E-state index contributed by atoms with van der Waals surface area (Å²) in [5.41, 5.74) is 2.58. The fourth-order valence-corrected chi connectivity index (χ4v) is 3.79. The molecule has 0 unspecified atom stereocenters. The summed E-state index contributed by atoms with van der Waals surface area (Å²) in [4.78, 5) is 14.8. The number of likely N-dealkylation sites (N-methyl/N-ethyl adjacent to an activating group) is 1. The first-order valence-corrected chi connectivity index (χ1v) is 10.00. The zero-order chi connectivity index (χ0) is 19.3. The Morgan fingerprint density at radius 1 is 1.15 bits per heavy atom. The molecule has 1 N–H and O–H groups in total. The molecular weight excluding hydrogens is 460 g/mol.